The molecule has 0 bridgehead atoms. The topological polar surface area (TPSA) is 65.6 Å². The van der Waals surface area contributed by atoms with Crippen molar-refractivity contribution in [2.24, 2.45) is 5.16 Å². The zero-order chi connectivity index (χ0) is 11.1. The molecular weight excluding hydrogens is 192 g/mol. The highest BCUT2D eigenvalue weighted by atomic mass is 16.6. The Kier molecular flexibility index (Phi) is 3.92. The van der Waals surface area contributed by atoms with E-state index in [9.17, 15) is 5.11 Å². The van der Waals surface area contributed by atoms with Crippen LogP contribution in [0, 0.1) is 11.3 Å². The minimum Gasteiger partial charge on any atom is -0.507 e. The Morgan fingerprint density at radius 1 is 1.53 bits per heavy atom. The van der Waals surface area contributed by atoms with Crippen LogP contribution in [0.15, 0.2) is 35.0 Å². The highest BCUT2D eigenvalue weighted by Gasteiger charge is 1.97. The molecule has 4 heteroatoms. The molecular formula is C11H10N2O2. The van der Waals surface area contributed by atoms with Crippen LogP contribution < -0.4 is 0 Å². The Morgan fingerprint density at radius 3 is 2.87 bits per heavy atom. The second kappa shape index (κ2) is 5.45. The third kappa shape index (κ3) is 3.16. The smallest absolute Gasteiger partial charge is 0.122 e. The summed E-state index contributed by atoms with van der Waals surface area (Å²) in [5, 5.41) is 21.7. The van der Waals surface area contributed by atoms with E-state index in [4.69, 9.17) is 5.26 Å². The summed E-state index contributed by atoms with van der Waals surface area (Å²) in [6.07, 6.45) is 2.81. The monoisotopic (exact) mass is 202 g/mol. The first kappa shape index (κ1) is 10.8. The maximum atomic E-state index is 9.45. The number of nitrogens with zero attached hydrogens (tertiary/aromatic N) is 2. The van der Waals surface area contributed by atoms with E-state index in [1.807, 2.05) is 6.07 Å². The number of hydrogen-bond acceptors (Lipinski definition) is 4. The molecule has 1 aromatic carbocycles. The normalized spacial score (nSPS) is 11.3. The number of nitriles is 1. The Labute approximate surface area is 87.7 Å². The lowest BCUT2D eigenvalue weighted by Gasteiger charge is -1.97. The first-order valence-electron chi connectivity index (χ1n) is 4.24. The molecule has 0 unspecified atom stereocenters. The maximum absolute atomic E-state index is 9.45. The standard InChI is InChI=1S/C11H10N2O2/c1-15-13-8-9(7-12)6-10-4-2-3-5-11(10)14/h2-6,8,14H,1H3. The van der Waals surface area contributed by atoms with Gasteiger partial charge < -0.3 is 9.94 Å². The van der Waals surface area contributed by atoms with Gasteiger partial charge in [-0.25, -0.2) is 0 Å². The van der Waals surface area contributed by atoms with Crippen LogP contribution in [0.4, 0.5) is 0 Å². The summed E-state index contributed by atoms with van der Waals surface area (Å²) in [5.74, 6) is 0.121. The number of aromatic hydroxyl groups is 1. The Bertz CT molecular complexity index is 430. The van der Waals surface area contributed by atoms with Crippen molar-refractivity contribution in [2.45, 2.75) is 0 Å². The number of phenolic OH excluding ortho intramolecular Hbond substituents is 1. The van der Waals surface area contributed by atoms with Gasteiger partial charge in [0.1, 0.15) is 18.9 Å². The first-order chi connectivity index (χ1) is 7.27. The molecule has 0 fully saturated rings. The van der Waals surface area contributed by atoms with Crippen molar-refractivity contribution in [1.29, 1.82) is 5.26 Å². The molecule has 15 heavy (non-hydrogen) atoms. The SMILES string of the molecule is CON=CC(C#N)=Cc1ccccc1O. The lowest BCUT2D eigenvalue weighted by molar-refractivity contribution is 0.215. The Balaban J connectivity index is 3.00. The lowest BCUT2D eigenvalue weighted by Crippen LogP contribution is -1.83. The summed E-state index contributed by atoms with van der Waals surface area (Å²) in [5.41, 5.74) is 0.870. The first-order valence-corrected chi connectivity index (χ1v) is 4.24. The van der Waals surface area contributed by atoms with Crippen molar-refractivity contribution in [3.63, 3.8) is 0 Å². The van der Waals surface area contributed by atoms with Gasteiger partial charge in [0, 0.05) is 5.56 Å². The van der Waals surface area contributed by atoms with E-state index in [-0.39, 0.29) is 5.75 Å². The van der Waals surface area contributed by atoms with Crippen LogP contribution in [0.25, 0.3) is 6.08 Å². The van der Waals surface area contributed by atoms with E-state index in [1.165, 1.54) is 19.4 Å². The summed E-state index contributed by atoms with van der Waals surface area (Å²) in [4.78, 5) is 4.46. The molecule has 1 N–H and O–H groups in total. The second-order valence-corrected chi connectivity index (χ2v) is 2.69. The highest BCUT2D eigenvalue weighted by Crippen LogP contribution is 2.18. The van der Waals surface area contributed by atoms with Crippen molar-refractivity contribution in [3.8, 4) is 11.8 Å². The van der Waals surface area contributed by atoms with Crippen molar-refractivity contribution < 1.29 is 9.94 Å². The zero-order valence-corrected chi connectivity index (χ0v) is 8.21. The Hall–Kier alpha value is -2.28. The molecule has 0 aliphatic carbocycles. The summed E-state index contributed by atoms with van der Waals surface area (Å²) >= 11 is 0. The number of benzene rings is 1. The van der Waals surface area contributed by atoms with Crippen LogP contribution >= 0.6 is 0 Å². The molecule has 0 saturated heterocycles. The van der Waals surface area contributed by atoms with Gasteiger partial charge in [-0.3, -0.25) is 0 Å². The molecule has 0 aliphatic rings. The highest BCUT2D eigenvalue weighted by molar-refractivity contribution is 5.90. The largest absolute Gasteiger partial charge is 0.507 e. The summed E-state index contributed by atoms with van der Waals surface area (Å²) < 4.78 is 0. The van der Waals surface area contributed by atoms with Crippen molar-refractivity contribution in [2.75, 3.05) is 7.11 Å². The average Bonchev–Trinajstić information content (AvgIpc) is 2.26. The minimum atomic E-state index is 0.121. The molecule has 0 atom stereocenters. The molecule has 0 aliphatic heterocycles. The zero-order valence-electron chi connectivity index (χ0n) is 8.21. The number of rotatable bonds is 3. The molecule has 0 spiro atoms. The molecule has 4 nitrogen and oxygen atoms in total. The number of allylic oxidation sites excluding steroid dienone is 1. The average molecular weight is 202 g/mol. The predicted molar refractivity (Wildman–Crippen MR) is 57.2 cm³/mol. The van der Waals surface area contributed by atoms with Gasteiger partial charge in [0.15, 0.2) is 0 Å². The fourth-order valence-electron chi connectivity index (χ4n) is 0.985. The van der Waals surface area contributed by atoms with Gasteiger partial charge in [-0.15, -0.1) is 0 Å². The number of hydrogen-bond donors (Lipinski definition) is 1. The van der Waals surface area contributed by atoms with Crippen LogP contribution in [0.2, 0.25) is 0 Å². The number of oxime groups is 1. The lowest BCUT2D eigenvalue weighted by atomic mass is 10.1. The maximum Gasteiger partial charge on any atom is 0.122 e. The van der Waals surface area contributed by atoms with E-state index in [0.29, 0.717) is 11.1 Å². The third-order valence-corrected chi connectivity index (χ3v) is 1.67. The van der Waals surface area contributed by atoms with Crippen molar-refractivity contribution in [1.82, 2.24) is 0 Å². The van der Waals surface area contributed by atoms with Crippen LogP contribution in [0.3, 0.4) is 0 Å². The quantitative estimate of drug-likeness (QED) is 0.462. The Morgan fingerprint density at radius 2 is 2.27 bits per heavy atom. The van der Waals surface area contributed by atoms with E-state index >= 15 is 0 Å². The third-order valence-electron chi connectivity index (χ3n) is 1.67. The molecule has 1 rings (SSSR count). The van der Waals surface area contributed by atoms with Crippen LogP contribution in [-0.4, -0.2) is 18.4 Å². The summed E-state index contributed by atoms with van der Waals surface area (Å²) in [6, 6.07) is 8.67. The molecule has 0 heterocycles. The molecule has 0 amide bonds. The van der Waals surface area contributed by atoms with Crippen LogP contribution in [0.1, 0.15) is 5.56 Å². The van der Waals surface area contributed by atoms with Gasteiger partial charge >= 0.3 is 0 Å². The minimum absolute atomic E-state index is 0.121. The van der Waals surface area contributed by atoms with Gasteiger partial charge in [0.25, 0.3) is 0 Å². The molecule has 76 valence electrons. The fourth-order valence-corrected chi connectivity index (χ4v) is 0.985. The molecule has 0 aromatic heterocycles. The number of phenols is 1. The van der Waals surface area contributed by atoms with Crippen LogP contribution in [-0.2, 0) is 4.84 Å². The predicted octanol–water partition coefficient (Wildman–Crippen LogP) is 1.93. The number of para-hydroxylation sites is 1. The van der Waals surface area contributed by atoms with Gasteiger partial charge in [-0.05, 0) is 12.1 Å². The summed E-state index contributed by atoms with van der Waals surface area (Å²) in [6.45, 7) is 0. The van der Waals surface area contributed by atoms with Crippen molar-refractivity contribution >= 4 is 12.3 Å². The van der Waals surface area contributed by atoms with Gasteiger partial charge in [0.05, 0.1) is 11.8 Å². The van der Waals surface area contributed by atoms with E-state index in [0.717, 1.165) is 0 Å². The molecule has 0 saturated carbocycles. The van der Waals surface area contributed by atoms with E-state index < -0.39 is 0 Å². The van der Waals surface area contributed by atoms with E-state index in [1.54, 1.807) is 24.3 Å². The summed E-state index contributed by atoms with van der Waals surface area (Å²) in [7, 11) is 1.39. The molecule has 0 radical (unpaired) electrons. The van der Waals surface area contributed by atoms with Gasteiger partial charge in [0.2, 0.25) is 0 Å². The van der Waals surface area contributed by atoms with Crippen LogP contribution in [0.5, 0.6) is 5.75 Å². The second-order valence-electron chi connectivity index (χ2n) is 2.69. The fraction of sp³-hybridized carbons (Fsp3) is 0.0909. The molecule has 1 aromatic rings. The van der Waals surface area contributed by atoms with E-state index in [2.05, 4.69) is 9.99 Å². The van der Waals surface area contributed by atoms with Crippen molar-refractivity contribution in [3.05, 3.63) is 35.4 Å². The van der Waals surface area contributed by atoms with Gasteiger partial charge in [-0.1, -0.05) is 23.4 Å². The van der Waals surface area contributed by atoms with Gasteiger partial charge in [-0.2, -0.15) is 5.26 Å².